The first-order valence-electron chi connectivity index (χ1n) is 8.18. The second kappa shape index (κ2) is 6.38. The highest BCUT2D eigenvalue weighted by Gasteiger charge is 2.34. The zero-order chi connectivity index (χ0) is 18.3. The maximum atomic E-state index is 12.7. The van der Waals surface area contributed by atoms with Gasteiger partial charge in [-0.15, -0.1) is 21.5 Å². The zero-order valence-electron chi connectivity index (χ0n) is 13.9. The number of rotatable bonds is 3. The molecule has 0 spiro atoms. The number of halogens is 3. The van der Waals surface area contributed by atoms with Gasteiger partial charge in [-0.25, -0.2) is 9.97 Å². The molecule has 4 rings (SSSR count). The molecule has 26 heavy (non-hydrogen) atoms. The van der Waals surface area contributed by atoms with Crippen LogP contribution in [0.4, 0.5) is 24.1 Å². The highest BCUT2D eigenvalue weighted by Crippen LogP contribution is 2.33. The third-order valence-corrected chi connectivity index (χ3v) is 5.23. The van der Waals surface area contributed by atoms with E-state index in [1.807, 2.05) is 22.4 Å². The van der Waals surface area contributed by atoms with Gasteiger partial charge in [0.25, 0.3) is 0 Å². The minimum Gasteiger partial charge on any atom is -0.350 e. The quantitative estimate of drug-likeness (QED) is 0.693. The van der Waals surface area contributed by atoms with Crippen LogP contribution in [0.15, 0.2) is 17.8 Å². The largest absolute Gasteiger partial charge is 0.434 e. The summed E-state index contributed by atoms with van der Waals surface area (Å²) in [7, 11) is 0. The Hall–Kier alpha value is -2.43. The number of fused-ring (bicyclic) bond motifs is 1. The summed E-state index contributed by atoms with van der Waals surface area (Å²) in [6.45, 7) is 4.41. The Bertz CT molecular complexity index is 911. The van der Waals surface area contributed by atoms with Gasteiger partial charge < -0.3 is 9.80 Å². The fourth-order valence-corrected chi connectivity index (χ4v) is 3.86. The number of hydrogen-bond acceptors (Lipinski definition) is 7. The van der Waals surface area contributed by atoms with Gasteiger partial charge in [-0.2, -0.15) is 13.2 Å². The average Bonchev–Trinajstić information content (AvgIpc) is 3.28. The van der Waals surface area contributed by atoms with E-state index in [1.54, 1.807) is 6.20 Å². The Labute approximate surface area is 151 Å². The molecular weight excluding hydrogens is 367 g/mol. The highest BCUT2D eigenvalue weighted by atomic mass is 32.1. The van der Waals surface area contributed by atoms with E-state index in [1.165, 1.54) is 0 Å². The third kappa shape index (κ3) is 2.96. The molecule has 4 heterocycles. The van der Waals surface area contributed by atoms with E-state index in [4.69, 9.17) is 0 Å². The first-order chi connectivity index (χ1) is 12.5. The molecule has 0 unspecified atom stereocenters. The lowest BCUT2D eigenvalue weighted by atomic mass is 10.3. The van der Waals surface area contributed by atoms with Gasteiger partial charge >= 0.3 is 6.18 Å². The maximum Gasteiger partial charge on any atom is 0.434 e. The molecule has 0 saturated carbocycles. The van der Waals surface area contributed by atoms with Crippen molar-refractivity contribution < 1.29 is 13.2 Å². The van der Waals surface area contributed by atoms with E-state index >= 15 is 0 Å². The number of hydrogen-bond donors (Lipinski definition) is 0. The second-order valence-electron chi connectivity index (χ2n) is 5.90. The summed E-state index contributed by atoms with van der Waals surface area (Å²) in [6, 6.07) is 0. The van der Waals surface area contributed by atoms with Crippen LogP contribution in [0.5, 0.6) is 0 Å². The monoisotopic (exact) mass is 383 g/mol. The van der Waals surface area contributed by atoms with Crippen molar-refractivity contribution in [2.24, 2.45) is 0 Å². The SMILES string of the molecule is CCc1nnc2c(N3CCN(c4nc(C(F)(F)F)cs4)CC3)nccn12. The predicted molar refractivity (Wildman–Crippen MR) is 91.7 cm³/mol. The van der Waals surface area contributed by atoms with Crippen LogP contribution in [0.2, 0.25) is 0 Å². The standard InChI is InChI=1S/C15H16F3N7S/c1-2-11-21-22-13-12(19-3-4-25(11)13)23-5-7-24(8-6-23)14-20-10(9-26-14)15(16,17)18/h3-4,9H,2,5-8H2,1H3. The summed E-state index contributed by atoms with van der Waals surface area (Å²) in [5.41, 5.74) is -0.131. The molecule has 0 N–H and O–H groups in total. The van der Waals surface area contributed by atoms with Gasteiger partial charge in [-0.1, -0.05) is 6.92 Å². The Morgan fingerprint density at radius 3 is 2.50 bits per heavy atom. The Morgan fingerprint density at radius 1 is 1.12 bits per heavy atom. The van der Waals surface area contributed by atoms with Crippen LogP contribution in [0, 0.1) is 0 Å². The smallest absolute Gasteiger partial charge is 0.350 e. The second-order valence-corrected chi connectivity index (χ2v) is 6.74. The lowest BCUT2D eigenvalue weighted by Crippen LogP contribution is -2.47. The van der Waals surface area contributed by atoms with Gasteiger partial charge in [-0.3, -0.25) is 4.40 Å². The lowest BCUT2D eigenvalue weighted by molar-refractivity contribution is -0.140. The summed E-state index contributed by atoms with van der Waals surface area (Å²) in [6.07, 6.45) is -0.0827. The van der Waals surface area contributed by atoms with Crippen molar-refractivity contribution in [1.82, 2.24) is 24.6 Å². The normalized spacial score (nSPS) is 15.8. The van der Waals surface area contributed by atoms with Gasteiger partial charge in [0.2, 0.25) is 5.65 Å². The minimum atomic E-state index is -4.40. The number of nitrogens with zero attached hydrogens (tertiary/aromatic N) is 7. The number of aromatic nitrogens is 5. The van der Waals surface area contributed by atoms with E-state index in [0.717, 1.165) is 34.8 Å². The molecule has 0 atom stereocenters. The third-order valence-electron chi connectivity index (χ3n) is 4.33. The van der Waals surface area contributed by atoms with Crippen LogP contribution >= 0.6 is 11.3 Å². The van der Waals surface area contributed by atoms with Gasteiger partial charge in [0.15, 0.2) is 16.6 Å². The topological polar surface area (TPSA) is 62.5 Å². The highest BCUT2D eigenvalue weighted by molar-refractivity contribution is 7.13. The first kappa shape index (κ1) is 17.0. The van der Waals surface area contributed by atoms with Crippen molar-refractivity contribution in [2.75, 3.05) is 36.0 Å². The summed E-state index contributed by atoms with van der Waals surface area (Å²) < 4.78 is 40.1. The molecule has 1 fully saturated rings. The van der Waals surface area contributed by atoms with E-state index < -0.39 is 11.9 Å². The van der Waals surface area contributed by atoms with Crippen molar-refractivity contribution in [3.8, 4) is 0 Å². The maximum absolute atomic E-state index is 12.7. The number of alkyl halides is 3. The summed E-state index contributed by atoms with van der Waals surface area (Å²) in [4.78, 5) is 12.1. The summed E-state index contributed by atoms with van der Waals surface area (Å²) >= 11 is 1.02. The molecular formula is C15H16F3N7S. The molecule has 138 valence electrons. The van der Waals surface area contributed by atoms with Crippen molar-refractivity contribution in [2.45, 2.75) is 19.5 Å². The van der Waals surface area contributed by atoms with Crippen molar-refractivity contribution in [3.05, 3.63) is 29.3 Å². The Balaban J connectivity index is 1.50. The van der Waals surface area contributed by atoms with E-state index in [0.29, 0.717) is 37.0 Å². The van der Waals surface area contributed by atoms with Crippen molar-refractivity contribution in [3.63, 3.8) is 0 Å². The Morgan fingerprint density at radius 2 is 1.85 bits per heavy atom. The molecule has 1 aliphatic rings. The molecule has 1 saturated heterocycles. The molecule has 11 heteroatoms. The molecule has 1 aliphatic heterocycles. The van der Waals surface area contributed by atoms with Gasteiger partial charge in [-0.05, 0) is 0 Å². The Kier molecular flexibility index (Phi) is 4.17. The summed E-state index contributed by atoms with van der Waals surface area (Å²) in [5, 5.41) is 9.87. The number of piperazine rings is 1. The van der Waals surface area contributed by atoms with Crippen LogP contribution < -0.4 is 9.80 Å². The summed E-state index contributed by atoms with van der Waals surface area (Å²) in [5.74, 6) is 1.61. The number of thiazole rings is 1. The van der Waals surface area contributed by atoms with E-state index in [2.05, 4.69) is 25.1 Å². The van der Waals surface area contributed by atoms with Crippen molar-refractivity contribution >= 4 is 27.9 Å². The van der Waals surface area contributed by atoms with Crippen LogP contribution in [-0.2, 0) is 12.6 Å². The fraction of sp³-hybridized carbons (Fsp3) is 0.467. The molecule has 7 nitrogen and oxygen atoms in total. The molecule has 3 aromatic heterocycles. The first-order valence-corrected chi connectivity index (χ1v) is 9.06. The van der Waals surface area contributed by atoms with Crippen LogP contribution in [0.25, 0.3) is 5.65 Å². The molecule has 3 aromatic rings. The number of anilines is 2. The van der Waals surface area contributed by atoms with Crippen LogP contribution in [-0.4, -0.2) is 50.7 Å². The molecule has 0 bridgehead atoms. The molecule has 0 amide bonds. The lowest BCUT2D eigenvalue weighted by Gasteiger charge is -2.35. The minimum absolute atomic E-state index is 0.402. The van der Waals surface area contributed by atoms with Gasteiger partial charge in [0.05, 0.1) is 0 Å². The zero-order valence-corrected chi connectivity index (χ0v) is 14.8. The molecule has 0 aliphatic carbocycles. The van der Waals surface area contributed by atoms with Gasteiger partial charge in [0.1, 0.15) is 5.82 Å². The fourth-order valence-electron chi connectivity index (χ4n) is 2.97. The van der Waals surface area contributed by atoms with Gasteiger partial charge in [0, 0.05) is 50.4 Å². The molecule has 0 radical (unpaired) electrons. The van der Waals surface area contributed by atoms with E-state index in [9.17, 15) is 13.2 Å². The van der Waals surface area contributed by atoms with E-state index in [-0.39, 0.29) is 0 Å². The number of aryl methyl sites for hydroxylation is 1. The average molecular weight is 383 g/mol. The van der Waals surface area contributed by atoms with Crippen molar-refractivity contribution in [1.29, 1.82) is 0 Å². The van der Waals surface area contributed by atoms with Crippen LogP contribution in [0.1, 0.15) is 18.4 Å². The molecule has 0 aromatic carbocycles. The van der Waals surface area contributed by atoms with Crippen LogP contribution in [0.3, 0.4) is 0 Å². The predicted octanol–water partition coefficient (Wildman–Crippen LogP) is 2.49.